The van der Waals surface area contributed by atoms with Crippen LogP contribution in [0.4, 0.5) is 0 Å². The normalized spacial score (nSPS) is 33.3. The quantitative estimate of drug-likeness (QED) is 0.810. The standard InChI is InChI=1S/C20H21N3O4/c24-20(15-5-8-27-21-15)23-10-14(13-1-2-16-17(9-13)26-11-25-16)19-18(23)12-3-6-22(19)7-4-12/h1-2,5,8-9,12,14,18-19H,3-4,6-7,10-11H2/t14-,18+,19+/m0/s1. The smallest absolute Gasteiger partial charge is 0.276 e. The fourth-order valence-corrected chi connectivity index (χ4v) is 5.56. The van der Waals surface area contributed by atoms with Gasteiger partial charge in [-0.15, -0.1) is 0 Å². The van der Waals surface area contributed by atoms with Crippen molar-refractivity contribution in [3.63, 3.8) is 0 Å². The largest absolute Gasteiger partial charge is 0.454 e. The van der Waals surface area contributed by atoms with Gasteiger partial charge < -0.3 is 18.9 Å². The number of piperidine rings is 3. The number of likely N-dealkylation sites (tertiary alicyclic amines) is 1. The number of amides is 1. The van der Waals surface area contributed by atoms with Gasteiger partial charge in [-0.1, -0.05) is 11.2 Å². The summed E-state index contributed by atoms with van der Waals surface area (Å²) in [7, 11) is 0. The predicted molar refractivity (Wildman–Crippen MR) is 94.7 cm³/mol. The molecule has 1 aromatic carbocycles. The summed E-state index contributed by atoms with van der Waals surface area (Å²) in [5.74, 6) is 2.42. The molecule has 140 valence electrons. The van der Waals surface area contributed by atoms with E-state index >= 15 is 0 Å². The van der Waals surface area contributed by atoms with Crippen LogP contribution in [0, 0.1) is 5.92 Å². The van der Waals surface area contributed by atoms with Crippen LogP contribution in [0.5, 0.6) is 11.5 Å². The predicted octanol–water partition coefficient (Wildman–Crippen LogP) is 2.11. The molecule has 0 unspecified atom stereocenters. The minimum atomic E-state index is -0.0178. The summed E-state index contributed by atoms with van der Waals surface area (Å²) in [6.07, 6.45) is 3.79. The molecule has 2 bridgehead atoms. The number of aromatic nitrogens is 1. The fourth-order valence-electron chi connectivity index (χ4n) is 5.56. The third kappa shape index (κ3) is 2.24. The number of fused-ring (bicyclic) bond motifs is 3. The Bertz CT molecular complexity index is 875. The molecular formula is C20H21N3O4. The molecule has 7 nitrogen and oxygen atoms in total. The van der Waals surface area contributed by atoms with Crippen LogP contribution < -0.4 is 9.47 Å². The molecule has 3 atom stereocenters. The zero-order valence-corrected chi connectivity index (χ0v) is 14.9. The number of hydrogen-bond acceptors (Lipinski definition) is 6. The van der Waals surface area contributed by atoms with Crippen molar-refractivity contribution in [2.75, 3.05) is 26.4 Å². The van der Waals surface area contributed by atoms with Crippen molar-refractivity contribution in [3.05, 3.63) is 41.8 Å². The van der Waals surface area contributed by atoms with Gasteiger partial charge in [0, 0.05) is 24.6 Å². The van der Waals surface area contributed by atoms with Crippen molar-refractivity contribution in [3.8, 4) is 11.5 Å². The minimum Gasteiger partial charge on any atom is -0.454 e. The van der Waals surface area contributed by atoms with E-state index in [1.807, 2.05) is 11.0 Å². The molecule has 27 heavy (non-hydrogen) atoms. The van der Waals surface area contributed by atoms with Gasteiger partial charge in [0.15, 0.2) is 17.2 Å². The van der Waals surface area contributed by atoms with Crippen LogP contribution in [0.25, 0.3) is 0 Å². The maximum absolute atomic E-state index is 13.1. The highest BCUT2D eigenvalue weighted by Crippen LogP contribution is 2.48. The summed E-state index contributed by atoms with van der Waals surface area (Å²) >= 11 is 0. The second-order valence-electron chi connectivity index (χ2n) is 7.92. The van der Waals surface area contributed by atoms with E-state index < -0.39 is 0 Å². The summed E-state index contributed by atoms with van der Waals surface area (Å²) in [6.45, 7) is 3.23. The highest BCUT2D eigenvalue weighted by Gasteiger charge is 2.55. The van der Waals surface area contributed by atoms with Crippen molar-refractivity contribution in [1.82, 2.24) is 15.0 Å². The minimum absolute atomic E-state index is 0.0178. The van der Waals surface area contributed by atoms with Gasteiger partial charge in [-0.2, -0.15) is 0 Å². The van der Waals surface area contributed by atoms with Crippen LogP contribution in [0.2, 0.25) is 0 Å². The molecule has 7 rings (SSSR count). The van der Waals surface area contributed by atoms with Gasteiger partial charge in [0.05, 0.1) is 6.04 Å². The molecule has 4 fully saturated rings. The van der Waals surface area contributed by atoms with Crippen LogP contribution in [0.1, 0.15) is 34.8 Å². The molecule has 2 aromatic rings. The van der Waals surface area contributed by atoms with Crippen molar-refractivity contribution < 1.29 is 18.8 Å². The Hall–Kier alpha value is -2.54. The molecule has 0 radical (unpaired) electrons. The lowest BCUT2D eigenvalue weighted by Gasteiger charge is -2.51. The summed E-state index contributed by atoms with van der Waals surface area (Å²) < 4.78 is 16.0. The molecule has 0 spiro atoms. The summed E-state index contributed by atoms with van der Waals surface area (Å²) in [5, 5.41) is 3.89. The highest BCUT2D eigenvalue weighted by atomic mass is 16.7. The Morgan fingerprint density at radius 1 is 1.07 bits per heavy atom. The lowest BCUT2D eigenvalue weighted by Crippen LogP contribution is -2.60. The average molecular weight is 367 g/mol. The second kappa shape index (κ2) is 5.73. The number of benzene rings is 1. The van der Waals surface area contributed by atoms with Crippen LogP contribution >= 0.6 is 0 Å². The maximum Gasteiger partial charge on any atom is 0.276 e. The van der Waals surface area contributed by atoms with Crippen LogP contribution in [-0.2, 0) is 0 Å². The van der Waals surface area contributed by atoms with Gasteiger partial charge >= 0.3 is 0 Å². The van der Waals surface area contributed by atoms with Crippen LogP contribution in [-0.4, -0.2) is 59.4 Å². The van der Waals surface area contributed by atoms with Gasteiger partial charge in [-0.25, -0.2) is 0 Å². The highest BCUT2D eigenvalue weighted by molar-refractivity contribution is 5.92. The zero-order valence-electron chi connectivity index (χ0n) is 14.9. The Labute approximate surface area is 156 Å². The van der Waals surface area contributed by atoms with Gasteiger partial charge in [0.1, 0.15) is 6.26 Å². The van der Waals surface area contributed by atoms with Gasteiger partial charge in [0.2, 0.25) is 6.79 Å². The number of carbonyl (C=O) groups is 1. The topological polar surface area (TPSA) is 68.0 Å². The molecule has 0 aliphatic carbocycles. The lowest BCUT2D eigenvalue weighted by atomic mass is 9.75. The third-order valence-corrected chi connectivity index (χ3v) is 6.74. The first-order valence-corrected chi connectivity index (χ1v) is 9.64. The van der Waals surface area contributed by atoms with Crippen molar-refractivity contribution in [1.29, 1.82) is 0 Å². The van der Waals surface area contributed by atoms with Gasteiger partial charge in [-0.05, 0) is 49.5 Å². The van der Waals surface area contributed by atoms with E-state index in [1.165, 1.54) is 11.8 Å². The number of hydrogen-bond donors (Lipinski definition) is 0. The zero-order chi connectivity index (χ0) is 18.0. The Morgan fingerprint density at radius 2 is 1.93 bits per heavy atom. The summed E-state index contributed by atoms with van der Waals surface area (Å²) in [4.78, 5) is 17.8. The number of nitrogens with zero attached hydrogens (tertiary/aromatic N) is 3. The number of rotatable bonds is 2. The number of carbonyl (C=O) groups excluding carboxylic acids is 1. The average Bonchev–Trinajstić information content (AvgIpc) is 3.47. The van der Waals surface area contributed by atoms with Crippen molar-refractivity contribution >= 4 is 5.91 Å². The Balaban J connectivity index is 1.39. The van der Waals surface area contributed by atoms with E-state index in [2.05, 4.69) is 22.2 Å². The first-order chi connectivity index (χ1) is 13.3. The molecule has 1 aromatic heterocycles. The molecule has 7 heteroatoms. The van der Waals surface area contributed by atoms with E-state index in [0.29, 0.717) is 24.2 Å². The molecule has 0 saturated carbocycles. The van der Waals surface area contributed by atoms with E-state index in [-0.39, 0.29) is 24.7 Å². The Morgan fingerprint density at radius 3 is 2.74 bits per heavy atom. The van der Waals surface area contributed by atoms with Crippen LogP contribution in [0.15, 0.2) is 35.1 Å². The number of ether oxygens (including phenoxy) is 2. The SMILES string of the molecule is O=C(c1ccon1)N1C[C@@H](c2ccc3c(c2)OCO3)[C@@H]2[C@H]1C1CCN2CC1. The van der Waals surface area contributed by atoms with E-state index in [0.717, 1.165) is 37.4 Å². The first-order valence-electron chi connectivity index (χ1n) is 9.64. The van der Waals surface area contributed by atoms with Gasteiger partial charge in [-0.3, -0.25) is 9.69 Å². The molecule has 6 heterocycles. The van der Waals surface area contributed by atoms with E-state index in [1.54, 1.807) is 6.07 Å². The van der Waals surface area contributed by atoms with Gasteiger partial charge in [0.25, 0.3) is 5.91 Å². The molecule has 0 N–H and O–H groups in total. The maximum atomic E-state index is 13.1. The van der Waals surface area contributed by atoms with Crippen LogP contribution in [0.3, 0.4) is 0 Å². The van der Waals surface area contributed by atoms with E-state index in [4.69, 9.17) is 14.0 Å². The molecule has 1 amide bonds. The lowest BCUT2D eigenvalue weighted by molar-refractivity contribution is -0.00369. The molecule has 4 saturated heterocycles. The monoisotopic (exact) mass is 367 g/mol. The first kappa shape index (κ1) is 15.5. The molecular weight excluding hydrogens is 346 g/mol. The summed E-state index contributed by atoms with van der Waals surface area (Å²) in [6, 6.07) is 8.47. The molecule has 5 aliphatic heterocycles. The van der Waals surface area contributed by atoms with E-state index in [9.17, 15) is 4.79 Å². The fraction of sp³-hybridized carbons (Fsp3) is 0.500. The van der Waals surface area contributed by atoms with Crippen molar-refractivity contribution in [2.24, 2.45) is 5.92 Å². The van der Waals surface area contributed by atoms with Crippen molar-refractivity contribution in [2.45, 2.75) is 30.8 Å². The third-order valence-electron chi connectivity index (χ3n) is 6.74. The summed E-state index contributed by atoms with van der Waals surface area (Å²) in [5.41, 5.74) is 1.62. The second-order valence-corrected chi connectivity index (χ2v) is 7.92. The molecule has 5 aliphatic rings. The Kier molecular flexibility index (Phi) is 3.29.